The second-order valence-electron chi connectivity index (χ2n) is 5.49. The maximum atomic E-state index is 12.7. The molecule has 6 heteroatoms. The SMILES string of the molecule is COC1(CNS(=O)(=O)c2cccc3ccccc23)CCSC1. The highest BCUT2D eigenvalue weighted by atomic mass is 32.2. The Labute approximate surface area is 135 Å². The Balaban J connectivity index is 1.89. The van der Waals surface area contributed by atoms with Crippen molar-refractivity contribution in [2.24, 2.45) is 0 Å². The number of thioether (sulfide) groups is 1. The minimum Gasteiger partial charge on any atom is -0.376 e. The van der Waals surface area contributed by atoms with Gasteiger partial charge in [0.1, 0.15) is 0 Å². The van der Waals surface area contributed by atoms with Gasteiger partial charge in [-0.1, -0.05) is 36.4 Å². The first-order chi connectivity index (χ1) is 10.6. The summed E-state index contributed by atoms with van der Waals surface area (Å²) in [5.74, 6) is 1.82. The van der Waals surface area contributed by atoms with Crippen LogP contribution in [0.4, 0.5) is 0 Å². The quantitative estimate of drug-likeness (QED) is 0.911. The lowest BCUT2D eigenvalue weighted by molar-refractivity contribution is 0.0179. The lowest BCUT2D eigenvalue weighted by atomic mass is 10.0. The topological polar surface area (TPSA) is 55.4 Å². The van der Waals surface area contributed by atoms with E-state index in [2.05, 4.69) is 4.72 Å². The second kappa shape index (κ2) is 6.20. The van der Waals surface area contributed by atoms with Crippen molar-refractivity contribution in [1.82, 2.24) is 4.72 Å². The van der Waals surface area contributed by atoms with E-state index in [-0.39, 0.29) is 5.60 Å². The Morgan fingerprint density at radius 1 is 1.23 bits per heavy atom. The van der Waals surface area contributed by atoms with Gasteiger partial charge in [0, 0.05) is 24.8 Å². The van der Waals surface area contributed by atoms with E-state index in [9.17, 15) is 8.42 Å². The molecule has 118 valence electrons. The molecule has 4 nitrogen and oxygen atoms in total. The first-order valence-electron chi connectivity index (χ1n) is 7.17. The molecule has 1 unspecified atom stereocenters. The largest absolute Gasteiger partial charge is 0.376 e. The van der Waals surface area contributed by atoms with Crippen LogP contribution >= 0.6 is 11.8 Å². The number of methoxy groups -OCH3 is 1. The van der Waals surface area contributed by atoms with Crippen molar-refractivity contribution in [3.8, 4) is 0 Å². The summed E-state index contributed by atoms with van der Waals surface area (Å²) in [5, 5.41) is 1.66. The minimum absolute atomic E-state index is 0.308. The molecule has 0 amide bonds. The molecular formula is C16H19NO3S2. The van der Waals surface area contributed by atoms with Gasteiger partial charge in [0.25, 0.3) is 0 Å². The van der Waals surface area contributed by atoms with E-state index < -0.39 is 10.0 Å². The van der Waals surface area contributed by atoms with Gasteiger partial charge < -0.3 is 4.74 Å². The first-order valence-corrected chi connectivity index (χ1v) is 9.80. The molecule has 0 saturated carbocycles. The van der Waals surface area contributed by atoms with Crippen LogP contribution in [0, 0.1) is 0 Å². The van der Waals surface area contributed by atoms with Crippen molar-refractivity contribution in [2.75, 3.05) is 25.2 Å². The number of sulfonamides is 1. The molecule has 1 heterocycles. The molecule has 22 heavy (non-hydrogen) atoms. The summed E-state index contributed by atoms with van der Waals surface area (Å²) in [6, 6.07) is 12.8. The Morgan fingerprint density at radius 2 is 2.00 bits per heavy atom. The van der Waals surface area contributed by atoms with Crippen LogP contribution in [-0.4, -0.2) is 39.2 Å². The first kappa shape index (κ1) is 15.8. The summed E-state index contributed by atoms with van der Waals surface area (Å²) in [6.45, 7) is 0.308. The Kier molecular flexibility index (Phi) is 4.45. The Morgan fingerprint density at radius 3 is 2.73 bits per heavy atom. The summed E-state index contributed by atoms with van der Waals surface area (Å²) in [5.41, 5.74) is -0.387. The second-order valence-corrected chi connectivity index (χ2v) is 8.33. The molecule has 1 aliphatic heterocycles. The van der Waals surface area contributed by atoms with Crippen LogP contribution in [0.1, 0.15) is 6.42 Å². The van der Waals surface area contributed by atoms with Gasteiger partial charge in [0.05, 0.1) is 10.5 Å². The van der Waals surface area contributed by atoms with Crippen molar-refractivity contribution >= 4 is 32.6 Å². The van der Waals surface area contributed by atoms with E-state index in [1.54, 1.807) is 31.0 Å². The zero-order valence-corrected chi connectivity index (χ0v) is 14.0. The van der Waals surface area contributed by atoms with E-state index in [1.807, 2.05) is 30.3 Å². The van der Waals surface area contributed by atoms with Crippen LogP contribution in [0.2, 0.25) is 0 Å². The normalized spacial score (nSPS) is 22.2. The van der Waals surface area contributed by atoms with Crippen molar-refractivity contribution in [3.63, 3.8) is 0 Å². The molecule has 2 aromatic carbocycles. The molecule has 0 spiro atoms. The number of benzene rings is 2. The highest BCUT2D eigenvalue weighted by molar-refractivity contribution is 7.99. The fourth-order valence-electron chi connectivity index (χ4n) is 2.70. The lowest BCUT2D eigenvalue weighted by Crippen LogP contribution is -2.44. The minimum atomic E-state index is -3.56. The fourth-order valence-corrected chi connectivity index (χ4v) is 5.43. The van der Waals surface area contributed by atoms with Crippen LogP contribution in [0.25, 0.3) is 10.8 Å². The lowest BCUT2D eigenvalue weighted by Gasteiger charge is -2.26. The van der Waals surface area contributed by atoms with Crippen LogP contribution in [0.15, 0.2) is 47.4 Å². The van der Waals surface area contributed by atoms with Crippen LogP contribution < -0.4 is 4.72 Å². The fraction of sp³-hybridized carbons (Fsp3) is 0.375. The third-order valence-electron chi connectivity index (χ3n) is 4.12. The molecule has 0 radical (unpaired) electrons. The van der Waals surface area contributed by atoms with E-state index in [0.717, 1.165) is 28.7 Å². The van der Waals surface area contributed by atoms with Crippen LogP contribution in [0.5, 0.6) is 0 Å². The van der Waals surface area contributed by atoms with Gasteiger partial charge in [-0.15, -0.1) is 0 Å². The molecule has 1 atom stereocenters. The predicted octanol–water partition coefficient (Wildman–Crippen LogP) is 2.64. The molecular weight excluding hydrogens is 318 g/mol. The van der Waals surface area contributed by atoms with Gasteiger partial charge in [-0.2, -0.15) is 11.8 Å². The van der Waals surface area contributed by atoms with E-state index in [1.165, 1.54) is 0 Å². The number of hydrogen-bond donors (Lipinski definition) is 1. The summed E-state index contributed by atoms with van der Waals surface area (Å²) in [6.07, 6.45) is 0.867. The number of fused-ring (bicyclic) bond motifs is 1. The number of ether oxygens (including phenoxy) is 1. The van der Waals surface area contributed by atoms with Gasteiger partial charge in [-0.05, 0) is 23.6 Å². The molecule has 1 saturated heterocycles. The van der Waals surface area contributed by atoms with Crippen molar-refractivity contribution in [1.29, 1.82) is 0 Å². The average molecular weight is 337 g/mol. The Hall–Kier alpha value is -1.08. The van der Waals surface area contributed by atoms with Gasteiger partial charge >= 0.3 is 0 Å². The zero-order valence-electron chi connectivity index (χ0n) is 12.4. The smallest absolute Gasteiger partial charge is 0.241 e. The van der Waals surface area contributed by atoms with Crippen LogP contribution in [0.3, 0.4) is 0 Å². The third kappa shape index (κ3) is 3.01. The molecule has 2 aromatic rings. The van der Waals surface area contributed by atoms with Crippen molar-refractivity contribution in [2.45, 2.75) is 16.9 Å². The molecule has 0 aromatic heterocycles. The van der Waals surface area contributed by atoms with Gasteiger partial charge in [-0.25, -0.2) is 13.1 Å². The van der Waals surface area contributed by atoms with E-state index in [4.69, 9.17) is 4.74 Å². The molecule has 0 aliphatic carbocycles. The van der Waals surface area contributed by atoms with Gasteiger partial charge in [0.15, 0.2) is 0 Å². The van der Waals surface area contributed by atoms with Gasteiger partial charge in [-0.3, -0.25) is 0 Å². The van der Waals surface area contributed by atoms with E-state index >= 15 is 0 Å². The monoisotopic (exact) mass is 337 g/mol. The Bertz CT molecular complexity index is 763. The van der Waals surface area contributed by atoms with E-state index in [0.29, 0.717) is 11.4 Å². The maximum Gasteiger partial charge on any atom is 0.241 e. The maximum absolute atomic E-state index is 12.7. The van der Waals surface area contributed by atoms with Crippen molar-refractivity contribution in [3.05, 3.63) is 42.5 Å². The molecule has 1 aliphatic rings. The highest BCUT2D eigenvalue weighted by Gasteiger charge is 2.35. The summed E-state index contributed by atoms with van der Waals surface area (Å²) in [4.78, 5) is 0.322. The number of hydrogen-bond acceptors (Lipinski definition) is 4. The number of nitrogens with one attached hydrogen (secondary N) is 1. The highest BCUT2D eigenvalue weighted by Crippen LogP contribution is 2.31. The zero-order chi connectivity index (χ0) is 15.6. The predicted molar refractivity (Wildman–Crippen MR) is 90.8 cm³/mol. The molecule has 3 rings (SSSR count). The molecule has 1 fully saturated rings. The van der Waals surface area contributed by atoms with Gasteiger partial charge in [0.2, 0.25) is 10.0 Å². The number of rotatable bonds is 5. The van der Waals surface area contributed by atoms with Crippen LogP contribution in [-0.2, 0) is 14.8 Å². The van der Waals surface area contributed by atoms with Crippen molar-refractivity contribution < 1.29 is 13.2 Å². The average Bonchev–Trinajstić information content (AvgIpc) is 3.02. The third-order valence-corrected chi connectivity index (χ3v) is 6.81. The summed E-state index contributed by atoms with van der Waals surface area (Å²) < 4.78 is 33.7. The molecule has 1 N–H and O–H groups in total. The molecule has 0 bridgehead atoms. The standard InChI is InChI=1S/C16H19NO3S2/c1-20-16(9-10-21-12-16)11-17-22(18,19)15-8-4-6-13-5-2-3-7-14(13)15/h2-8,17H,9-12H2,1H3. The summed E-state index contributed by atoms with van der Waals surface area (Å²) in [7, 11) is -1.91. The summed E-state index contributed by atoms with van der Waals surface area (Å²) >= 11 is 1.79.